The van der Waals surface area contributed by atoms with Crippen LogP contribution in [-0.2, 0) is 13.6 Å². The van der Waals surface area contributed by atoms with Crippen molar-refractivity contribution >= 4 is 38.7 Å². The molecule has 0 bridgehead atoms. The number of halogens is 2. The number of nitrogens with one attached hydrogen (secondary N) is 1. The predicted molar refractivity (Wildman–Crippen MR) is 72.9 cm³/mol. The summed E-state index contributed by atoms with van der Waals surface area (Å²) in [4.78, 5) is 29.7. The molecule has 0 aliphatic heterocycles. The number of rotatable bonds is 2. The quantitative estimate of drug-likeness (QED) is 0.843. The Labute approximate surface area is 115 Å². The van der Waals surface area contributed by atoms with Crippen molar-refractivity contribution in [2.45, 2.75) is 13.5 Å². The molecule has 0 aromatic carbocycles. The minimum absolute atomic E-state index is 0.330. The van der Waals surface area contributed by atoms with E-state index in [1.165, 1.54) is 4.57 Å². The monoisotopic (exact) mass is 332 g/mol. The van der Waals surface area contributed by atoms with E-state index in [0.29, 0.717) is 27.5 Å². The van der Waals surface area contributed by atoms with Crippen LogP contribution in [0.3, 0.4) is 0 Å². The van der Waals surface area contributed by atoms with Gasteiger partial charge in [0.2, 0.25) is 0 Å². The molecule has 0 saturated carbocycles. The molecule has 18 heavy (non-hydrogen) atoms. The summed E-state index contributed by atoms with van der Waals surface area (Å²) < 4.78 is 3.40. The fourth-order valence-electron chi connectivity index (χ4n) is 1.59. The van der Waals surface area contributed by atoms with E-state index in [1.54, 1.807) is 24.6 Å². The molecule has 2 heterocycles. The number of nitrogens with zero attached hydrogens (tertiary/aromatic N) is 3. The third-order valence-electron chi connectivity index (χ3n) is 2.52. The first-order valence-corrected chi connectivity index (χ1v) is 6.26. The second-order valence-electron chi connectivity index (χ2n) is 3.77. The highest BCUT2D eigenvalue weighted by atomic mass is 79.9. The fourth-order valence-corrected chi connectivity index (χ4v) is 2.15. The molecule has 0 saturated heterocycles. The molecule has 0 unspecified atom stereocenters. The number of H-pyrrole nitrogens is 1. The first-order valence-electron chi connectivity index (χ1n) is 5.09. The topological polar surface area (TPSA) is 72.7 Å². The lowest BCUT2D eigenvalue weighted by Gasteiger charge is -2.02. The van der Waals surface area contributed by atoms with Crippen molar-refractivity contribution in [3.8, 4) is 0 Å². The Bertz CT molecular complexity index is 752. The zero-order valence-corrected chi connectivity index (χ0v) is 12.0. The molecule has 0 atom stereocenters. The van der Waals surface area contributed by atoms with E-state index in [1.807, 2.05) is 0 Å². The van der Waals surface area contributed by atoms with Crippen molar-refractivity contribution < 1.29 is 0 Å². The van der Waals surface area contributed by atoms with E-state index >= 15 is 0 Å². The molecule has 1 N–H and O–H groups in total. The molecule has 0 spiro atoms. The van der Waals surface area contributed by atoms with Gasteiger partial charge in [0.05, 0.1) is 0 Å². The smallest absolute Gasteiger partial charge is 0.309 e. The van der Waals surface area contributed by atoms with Crippen LogP contribution in [0.15, 0.2) is 25.4 Å². The Kier molecular flexibility index (Phi) is 3.45. The van der Waals surface area contributed by atoms with Gasteiger partial charge in [-0.3, -0.25) is 14.3 Å². The number of imidazole rings is 1. The van der Waals surface area contributed by atoms with Crippen LogP contribution in [0.1, 0.15) is 6.92 Å². The third-order valence-corrected chi connectivity index (χ3v) is 3.28. The van der Waals surface area contributed by atoms with Crippen LogP contribution in [0.25, 0.3) is 11.2 Å². The van der Waals surface area contributed by atoms with Crippen molar-refractivity contribution in [2.75, 3.05) is 0 Å². The second-order valence-corrected chi connectivity index (χ2v) is 5.08. The first-order chi connectivity index (χ1) is 8.41. The predicted octanol–water partition coefficient (Wildman–Crippen LogP) is 1.33. The van der Waals surface area contributed by atoms with E-state index < -0.39 is 11.2 Å². The Balaban J connectivity index is 2.79. The molecule has 8 heteroatoms. The van der Waals surface area contributed by atoms with Crippen molar-refractivity contribution in [1.29, 1.82) is 0 Å². The van der Waals surface area contributed by atoms with Gasteiger partial charge in [0.1, 0.15) is 0 Å². The molecule has 2 aromatic heterocycles. The van der Waals surface area contributed by atoms with Gasteiger partial charge in [-0.1, -0.05) is 17.7 Å². The molecule has 96 valence electrons. The summed E-state index contributed by atoms with van der Waals surface area (Å²) in [5.74, 6) is 0. The maximum atomic E-state index is 11.8. The molecule has 0 radical (unpaired) electrons. The highest BCUT2D eigenvalue weighted by molar-refractivity contribution is 9.10. The molecule has 2 aromatic rings. The number of aromatic nitrogens is 4. The van der Waals surface area contributed by atoms with Gasteiger partial charge in [-0.25, -0.2) is 9.78 Å². The maximum Gasteiger partial charge on any atom is 0.329 e. The average Bonchev–Trinajstić information content (AvgIpc) is 2.61. The van der Waals surface area contributed by atoms with Gasteiger partial charge in [0.15, 0.2) is 15.9 Å². The lowest BCUT2D eigenvalue weighted by molar-refractivity contribution is 0.807. The van der Waals surface area contributed by atoms with Gasteiger partial charge in [0, 0.05) is 18.6 Å². The van der Waals surface area contributed by atoms with Gasteiger partial charge in [-0.05, 0) is 22.9 Å². The second kappa shape index (κ2) is 4.74. The molecule has 0 fully saturated rings. The highest BCUT2D eigenvalue weighted by Gasteiger charge is 2.14. The van der Waals surface area contributed by atoms with Crippen molar-refractivity contribution in [3.05, 3.63) is 36.7 Å². The number of allylic oxidation sites excluding steroid dienone is 2. The van der Waals surface area contributed by atoms with Crippen LogP contribution >= 0.6 is 27.5 Å². The van der Waals surface area contributed by atoms with Gasteiger partial charge in [-0.15, -0.1) is 0 Å². The Hall–Kier alpha value is -1.34. The molecule has 0 aliphatic carbocycles. The maximum absolute atomic E-state index is 11.8. The van der Waals surface area contributed by atoms with Crippen LogP contribution in [0.5, 0.6) is 0 Å². The SMILES string of the molecule is C/C(Cl)=C\Cn1c(Br)nc2c1c(=O)[nH]c(=O)n2C. The van der Waals surface area contributed by atoms with Crippen molar-refractivity contribution in [3.63, 3.8) is 0 Å². The van der Waals surface area contributed by atoms with Crippen LogP contribution < -0.4 is 11.2 Å². The lowest BCUT2D eigenvalue weighted by Crippen LogP contribution is -2.29. The Morgan fingerprint density at radius 1 is 1.56 bits per heavy atom. The van der Waals surface area contributed by atoms with Crippen LogP contribution in [0.2, 0.25) is 0 Å². The number of fused-ring (bicyclic) bond motifs is 1. The van der Waals surface area contributed by atoms with Gasteiger partial charge in [0.25, 0.3) is 5.56 Å². The first kappa shape index (κ1) is 13.1. The molecular weight excluding hydrogens is 323 g/mol. The molecule has 0 aliphatic rings. The lowest BCUT2D eigenvalue weighted by atomic mass is 10.4. The summed E-state index contributed by atoms with van der Waals surface area (Å²) in [6.07, 6.45) is 1.75. The van der Waals surface area contributed by atoms with Crippen LogP contribution in [0.4, 0.5) is 0 Å². The summed E-state index contributed by atoms with van der Waals surface area (Å²) in [6.45, 7) is 2.14. The number of aryl methyl sites for hydroxylation is 1. The number of aromatic amines is 1. The highest BCUT2D eigenvalue weighted by Crippen LogP contribution is 2.16. The molecule has 6 nitrogen and oxygen atoms in total. The van der Waals surface area contributed by atoms with Crippen molar-refractivity contribution in [2.24, 2.45) is 7.05 Å². The summed E-state index contributed by atoms with van der Waals surface area (Å²) in [6, 6.07) is 0. The normalized spacial score (nSPS) is 12.3. The largest absolute Gasteiger partial charge is 0.329 e. The van der Waals surface area contributed by atoms with Gasteiger partial charge < -0.3 is 4.57 Å². The zero-order valence-electron chi connectivity index (χ0n) is 9.70. The van der Waals surface area contributed by atoms with E-state index in [2.05, 4.69) is 25.9 Å². The standard InChI is InChI=1S/C10H10BrClN4O2/c1-5(12)3-4-16-6-7(13-9(16)11)15(2)10(18)14-8(6)17/h3H,4H2,1-2H3,(H,14,17,18)/b5-3+. The molecular formula is C10H10BrClN4O2. The molecule has 2 rings (SSSR count). The van der Waals surface area contributed by atoms with E-state index in [-0.39, 0.29) is 0 Å². The Morgan fingerprint density at radius 3 is 2.83 bits per heavy atom. The fraction of sp³-hybridized carbons (Fsp3) is 0.300. The average molecular weight is 334 g/mol. The zero-order chi connectivity index (χ0) is 13.4. The molecule has 0 amide bonds. The van der Waals surface area contributed by atoms with E-state index in [9.17, 15) is 9.59 Å². The Morgan fingerprint density at radius 2 is 2.22 bits per heavy atom. The van der Waals surface area contributed by atoms with Gasteiger partial charge >= 0.3 is 5.69 Å². The summed E-state index contributed by atoms with van der Waals surface area (Å²) in [5.41, 5.74) is -0.296. The minimum atomic E-state index is -0.492. The van der Waals surface area contributed by atoms with Crippen molar-refractivity contribution in [1.82, 2.24) is 19.1 Å². The summed E-state index contributed by atoms with van der Waals surface area (Å²) >= 11 is 9.03. The number of hydrogen-bond acceptors (Lipinski definition) is 3. The summed E-state index contributed by atoms with van der Waals surface area (Å²) in [5, 5.41) is 0.616. The van der Waals surface area contributed by atoms with Gasteiger partial charge in [-0.2, -0.15) is 0 Å². The van der Waals surface area contributed by atoms with Crippen LogP contribution in [-0.4, -0.2) is 19.1 Å². The van der Waals surface area contributed by atoms with E-state index in [4.69, 9.17) is 11.6 Å². The van der Waals surface area contributed by atoms with Crippen LogP contribution in [0, 0.1) is 0 Å². The van der Waals surface area contributed by atoms with E-state index in [0.717, 1.165) is 0 Å². The number of hydrogen-bond donors (Lipinski definition) is 1. The summed E-state index contributed by atoms with van der Waals surface area (Å²) in [7, 11) is 1.55. The third kappa shape index (κ3) is 2.15. The minimum Gasteiger partial charge on any atom is -0.309 e.